The van der Waals surface area contributed by atoms with Gasteiger partial charge in [0.05, 0.1) is 0 Å². The number of rotatable bonds is 4. The maximum atomic E-state index is 13.3. The van der Waals surface area contributed by atoms with E-state index in [1.165, 1.54) is 36.4 Å². The zero-order valence-corrected chi connectivity index (χ0v) is 10.7. The molecule has 20 heavy (non-hydrogen) atoms. The summed E-state index contributed by atoms with van der Waals surface area (Å²) in [4.78, 5) is 0. The third-order valence-corrected chi connectivity index (χ3v) is 2.80. The molecule has 1 N–H and O–H groups in total. The Labute approximate surface area is 114 Å². The van der Waals surface area contributed by atoms with Gasteiger partial charge in [0.15, 0.2) is 0 Å². The molecule has 0 aromatic heterocycles. The van der Waals surface area contributed by atoms with Crippen molar-refractivity contribution in [1.29, 1.82) is 0 Å². The summed E-state index contributed by atoms with van der Waals surface area (Å²) < 4.78 is 41.6. The second-order valence-corrected chi connectivity index (χ2v) is 4.41. The van der Waals surface area contributed by atoms with Crippen molar-refractivity contribution in [2.24, 2.45) is 0 Å². The molecule has 0 fully saturated rings. The maximum Gasteiger partial charge on any atom is 0.387 e. The number of ether oxygens (including phenoxy) is 1. The summed E-state index contributed by atoms with van der Waals surface area (Å²) in [5.41, 5.74) is 1.57. The van der Waals surface area contributed by atoms with E-state index in [9.17, 15) is 18.3 Å². The summed E-state index contributed by atoms with van der Waals surface area (Å²) in [5.74, 6) is -0.428. The fraction of sp³-hybridized carbons (Fsp3) is 0.200. The van der Waals surface area contributed by atoms with Crippen LogP contribution in [0.3, 0.4) is 0 Å². The molecule has 0 amide bonds. The van der Waals surface area contributed by atoms with Gasteiger partial charge in [-0.1, -0.05) is 18.2 Å². The number of hydrogen-bond acceptors (Lipinski definition) is 2. The third-order valence-electron chi connectivity index (χ3n) is 2.80. The van der Waals surface area contributed by atoms with Crippen LogP contribution in [0.5, 0.6) is 5.75 Å². The Bertz CT molecular complexity index is 562. The van der Waals surface area contributed by atoms with E-state index in [0.717, 1.165) is 0 Å². The summed E-state index contributed by atoms with van der Waals surface area (Å²) in [6.07, 6.45) is -1.02. The number of aryl methyl sites for hydroxylation is 1. The van der Waals surface area contributed by atoms with Crippen molar-refractivity contribution in [3.8, 4) is 5.75 Å². The smallest absolute Gasteiger partial charge is 0.387 e. The van der Waals surface area contributed by atoms with Gasteiger partial charge >= 0.3 is 6.61 Å². The molecule has 5 heteroatoms. The van der Waals surface area contributed by atoms with E-state index in [0.29, 0.717) is 16.7 Å². The molecule has 2 aromatic rings. The molecule has 106 valence electrons. The van der Waals surface area contributed by atoms with Gasteiger partial charge < -0.3 is 9.84 Å². The lowest BCUT2D eigenvalue weighted by molar-refractivity contribution is -0.0498. The van der Waals surface area contributed by atoms with Crippen LogP contribution < -0.4 is 4.74 Å². The summed E-state index contributed by atoms with van der Waals surface area (Å²) in [6.45, 7) is -1.17. The lowest BCUT2D eigenvalue weighted by atomic mass is 10.00. The average molecular weight is 282 g/mol. The van der Waals surface area contributed by atoms with E-state index < -0.39 is 18.5 Å². The van der Waals surface area contributed by atoms with Gasteiger partial charge in [0, 0.05) is 0 Å². The Morgan fingerprint density at radius 2 is 1.65 bits per heavy atom. The molecule has 0 saturated heterocycles. The minimum absolute atomic E-state index is 0.00590. The molecule has 0 aliphatic rings. The minimum atomic E-state index is -2.89. The second-order valence-electron chi connectivity index (χ2n) is 4.41. The monoisotopic (exact) mass is 282 g/mol. The first-order valence-corrected chi connectivity index (χ1v) is 5.95. The Kier molecular flexibility index (Phi) is 4.29. The first-order chi connectivity index (χ1) is 9.45. The molecule has 0 heterocycles. The molecule has 0 bridgehead atoms. The normalized spacial score (nSPS) is 12.5. The van der Waals surface area contributed by atoms with E-state index in [-0.39, 0.29) is 5.75 Å². The Hall–Kier alpha value is -2.01. The Balaban J connectivity index is 2.22. The number of hydrogen-bond donors (Lipinski definition) is 1. The van der Waals surface area contributed by atoms with Crippen LogP contribution in [-0.2, 0) is 0 Å². The summed E-state index contributed by atoms with van der Waals surface area (Å²) >= 11 is 0. The van der Waals surface area contributed by atoms with E-state index in [1.54, 1.807) is 13.0 Å². The molecule has 0 spiro atoms. The van der Waals surface area contributed by atoms with Gasteiger partial charge in [0.25, 0.3) is 0 Å². The van der Waals surface area contributed by atoms with Crippen LogP contribution in [0, 0.1) is 12.7 Å². The van der Waals surface area contributed by atoms with Gasteiger partial charge in [-0.15, -0.1) is 0 Å². The zero-order valence-electron chi connectivity index (χ0n) is 10.7. The van der Waals surface area contributed by atoms with Gasteiger partial charge in [0.2, 0.25) is 0 Å². The highest BCUT2D eigenvalue weighted by Crippen LogP contribution is 2.25. The van der Waals surface area contributed by atoms with Gasteiger partial charge in [-0.2, -0.15) is 8.78 Å². The molecule has 2 rings (SSSR count). The van der Waals surface area contributed by atoms with Crippen LogP contribution in [0.2, 0.25) is 0 Å². The third kappa shape index (κ3) is 3.51. The SMILES string of the molecule is Cc1cc(F)cc(C(O)c2ccc(OC(F)F)cc2)c1. The van der Waals surface area contributed by atoms with E-state index in [4.69, 9.17) is 0 Å². The Morgan fingerprint density at radius 3 is 2.20 bits per heavy atom. The van der Waals surface area contributed by atoms with Crippen molar-refractivity contribution in [3.05, 3.63) is 65.0 Å². The van der Waals surface area contributed by atoms with Gasteiger partial charge in [0.1, 0.15) is 17.7 Å². The number of benzene rings is 2. The fourth-order valence-corrected chi connectivity index (χ4v) is 1.95. The van der Waals surface area contributed by atoms with Crippen molar-refractivity contribution in [3.63, 3.8) is 0 Å². The standard InChI is InChI=1S/C15H13F3O2/c1-9-6-11(8-12(16)7-9)14(19)10-2-4-13(5-3-10)20-15(17)18/h2-8,14-15,19H,1H3. The highest BCUT2D eigenvalue weighted by Gasteiger charge is 2.13. The number of halogens is 3. The molecular weight excluding hydrogens is 269 g/mol. The van der Waals surface area contributed by atoms with E-state index in [1.807, 2.05) is 0 Å². The lowest BCUT2D eigenvalue weighted by Gasteiger charge is -2.13. The van der Waals surface area contributed by atoms with E-state index >= 15 is 0 Å². The molecule has 1 unspecified atom stereocenters. The van der Waals surface area contributed by atoms with Crippen molar-refractivity contribution >= 4 is 0 Å². The van der Waals surface area contributed by atoms with Gasteiger partial charge in [-0.3, -0.25) is 0 Å². The van der Waals surface area contributed by atoms with Crippen molar-refractivity contribution < 1.29 is 23.0 Å². The number of alkyl halides is 2. The van der Waals surface area contributed by atoms with Crippen LogP contribution in [0.1, 0.15) is 22.8 Å². The zero-order chi connectivity index (χ0) is 14.7. The predicted octanol–water partition coefficient (Wildman–Crippen LogP) is 3.82. The summed E-state index contributed by atoms with van der Waals surface area (Å²) in [7, 11) is 0. The molecule has 1 atom stereocenters. The Morgan fingerprint density at radius 1 is 1.00 bits per heavy atom. The van der Waals surface area contributed by atoms with Crippen molar-refractivity contribution in [2.75, 3.05) is 0 Å². The predicted molar refractivity (Wildman–Crippen MR) is 68.3 cm³/mol. The number of aliphatic hydroxyl groups is 1. The molecule has 0 aliphatic heterocycles. The summed E-state index contributed by atoms with van der Waals surface area (Å²) in [6, 6.07) is 9.84. The second kappa shape index (κ2) is 5.96. The van der Waals surface area contributed by atoms with Crippen LogP contribution in [-0.4, -0.2) is 11.7 Å². The molecule has 0 radical (unpaired) electrons. The van der Waals surface area contributed by atoms with Gasteiger partial charge in [-0.25, -0.2) is 4.39 Å². The quantitative estimate of drug-likeness (QED) is 0.923. The minimum Gasteiger partial charge on any atom is -0.435 e. The highest BCUT2D eigenvalue weighted by atomic mass is 19.3. The van der Waals surface area contributed by atoms with Crippen LogP contribution >= 0.6 is 0 Å². The molecule has 0 aliphatic carbocycles. The van der Waals surface area contributed by atoms with Gasteiger partial charge in [-0.05, 0) is 47.9 Å². The first kappa shape index (κ1) is 14.4. The summed E-state index contributed by atoms with van der Waals surface area (Å²) in [5, 5.41) is 10.2. The fourth-order valence-electron chi connectivity index (χ4n) is 1.95. The first-order valence-electron chi connectivity index (χ1n) is 5.95. The topological polar surface area (TPSA) is 29.5 Å². The average Bonchev–Trinajstić information content (AvgIpc) is 2.37. The van der Waals surface area contributed by atoms with Crippen molar-refractivity contribution in [1.82, 2.24) is 0 Å². The highest BCUT2D eigenvalue weighted by molar-refractivity contribution is 5.35. The lowest BCUT2D eigenvalue weighted by Crippen LogP contribution is -2.03. The van der Waals surface area contributed by atoms with Crippen LogP contribution in [0.25, 0.3) is 0 Å². The molecule has 0 saturated carbocycles. The maximum absolute atomic E-state index is 13.3. The largest absolute Gasteiger partial charge is 0.435 e. The van der Waals surface area contributed by atoms with Crippen LogP contribution in [0.4, 0.5) is 13.2 Å². The van der Waals surface area contributed by atoms with Crippen molar-refractivity contribution in [2.45, 2.75) is 19.6 Å². The molecule has 2 nitrogen and oxygen atoms in total. The number of aliphatic hydroxyl groups excluding tert-OH is 1. The van der Waals surface area contributed by atoms with Crippen LogP contribution in [0.15, 0.2) is 42.5 Å². The molecular formula is C15H13F3O2. The molecule has 2 aromatic carbocycles. The van der Waals surface area contributed by atoms with E-state index in [2.05, 4.69) is 4.74 Å².